The van der Waals surface area contributed by atoms with E-state index in [1.54, 1.807) is 4.90 Å². The average molecular weight is 437 g/mol. The van der Waals surface area contributed by atoms with Crippen molar-refractivity contribution in [1.82, 2.24) is 0 Å². The van der Waals surface area contributed by atoms with Crippen LogP contribution in [0.1, 0.15) is 45.6 Å². The zero-order chi connectivity index (χ0) is 22.8. The predicted octanol–water partition coefficient (Wildman–Crippen LogP) is 4.54. The number of amides is 2. The van der Waals surface area contributed by atoms with Crippen molar-refractivity contribution in [2.75, 3.05) is 36.6 Å². The summed E-state index contributed by atoms with van der Waals surface area (Å²) in [6.45, 7) is 7.89. The maximum atomic E-state index is 13.6. The largest absolute Gasteiger partial charge is 0.490 e. The first-order valence-electron chi connectivity index (χ1n) is 11.4. The van der Waals surface area contributed by atoms with Crippen LogP contribution in [0.25, 0.3) is 0 Å². The Labute approximate surface area is 189 Å². The molecule has 0 saturated carbocycles. The summed E-state index contributed by atoms with van der Waals surface area (Å²) >= 11 is 0. The summed E-state index contributed by atoms with van der Waals surface area (Å²) < 4.78 is 11.6. The topological polar surface area (TPSA) is 67.9 Å². The molecular weight excluding hydrogens is 404 g/mol. The van der Waals surface area contributed by atoms with Crippen molar-refractivity contribution in [1.29, 1.82) is 0 Å². The molecule has 170 valence electrons. The summed E-state index contributed by atoms with van der Waals surface area (Å²) in [7, 11) is 0. The van der Waals surface area contributed by atoms with Crippen molar-refractivity contribution in [2.45, 2.75) is 45.4 Å². The lowest BCUT2D eigenvalue weighted by Crippen LogP contribution is -2.44. The predicted molar refractivity (Wildman–Crippen MR) is 125 cm³/mol. The minimum Gasteiger partial charge on any atom is -0.490 e. The van der Waals surface area contributed by atoms with Gasteiger partial charge in [0.05, 0.1) is 16.5 Å². The van der Waals surface area contributed by atoms with Gasteiger partial charge in [-0.05, 0) is 50.8 Å². The molecule has 1 fully saturated rings. The molecule has 0 bridgehead atoms. The zero-order valence-corrected chi connectivity index (χ0v) is 19.1. The van der Waals surface area contributed by atoms with Crippen LogP contribution in [-0.4, -0.2) is 38.2 Å². The van der Waals surface area contributed by atoms with Gasteiger partial charge in [-0.25, -0.2) is 0 Å². The molecular formula is C26H32N2O4. The lowest BCUT2D eigenvalue weighted by Gasteiger charge is -2.36. The van der Waals surface area contributed by atoms with E-state index in [9.17, 15) is 9.59 Å². The number of hydrogen-bond donors (Lipinski definition) is 1. The van der Waals surface area contributed by atoms with Crippen LogP contribution >= 0.6 is 0 Å². The maximum absolute atomic E-state index is 13.6. The summed E-state index contributed by atoms with van der Waals surface area (Å²) in [5, 5.41) is 3.12. The first-order valence-corrected chi connectivity index (χ1v) is 11.4. The summed E-state index contributed by atoms with van der Waals surface area (Å²) in [4.78, 5) is 28.4. The van der Waals surface area contributed by atoms with E-state index in [-0.39, 0.29) is 11.8 Å². The second-order valence-corrected chi connectivity index (χ2v) is 9.33. The van der Waals surface area contributed by atoms with Gasteiger partial charge in [-0.1, -0.05) is 37.3 Å². The molecule has 2 aliphatic rings. The number of hydrogen-bond acceptors (Lipinski definition) is 4. The van der Waals surface area contributed by atoms with E-state index in [2.05, 4.69) is 12.2 Å². The molecule has 0 aromatic heterocycles. The van der Waals surface area contributed by atoms with Crippen LogP contribution < -0.4 is 15.0 Å². The highest BCUT2D eigenvalue weighted by molar-refractivity contribution is 6.02. The van der Waals surface area contributed by atoms with Crippen LogP contribution in [0.4, 0.5) is 11.4 Å². The smallest absolute Gasteiger partial charge is 0.236 e. The molecule has 0 spiro atoms. The summed E-state index contributed by atoms with van der Waals surface area (Å²) in [6.07, 6.45) is 2.12. The lowest BCUT2D eigenvalue weighted by molar-refractivity contribution is -0.127. The quantitative estimate of drug-likeness (QED) is 0.748. The van der Waals surface area contributed by atoms with Gasteiger partial charge in [0.1, 0.15) is 12.4 Å². The molecule has 1 N–H and O–H groups in total. The molecule has 2 amide bonds. The number of fused-ring (bicyclic) bond motifs is 1. The number of ether oxygens (including phenoxy) is 2. The van der Waals surface area contributed by atoms with Gasteiger partial charge in [0, 0.05) is 31.5 Å². The highest BCUT2D eigenvalue weighted by Crippen LogP contribution is 2.40. The van der Waals surface area contributed by atoms with Gasteiger partial charge < -0.3 is 19.7 Å². The Morgan fingerprint density at radius 2 is 1.81 bits per heavy atom. The molecule has 2 heterocycles. The highest BCUT2D eigenvalue weighted by atomic mass is 16.5. The molecule has 0 aliphatic carbocycles. The van der Waals surface area contributed by atoms with E-state index in [0.29, 0.717) is 50.6 Å². The normalized spacial score (nSPS) is 19.5. The van der Waals surface area contributed by atoms with Crippen LogP contribution in [0, 0.1) is 5.41 Å². The molecule has 2 aromatic carbocycles. The Morgan fingerprint density at radius 3 is 2.50 bits per heavy atom. The molecule has 32 heavy (non-hydrogen) atoms. The molecule has 0 unspecified atom stereocenters. The van der Waals surface area contributed by atoms with Crippen molar-refractivity contribution in [3.8, 4) is 5.75 Å². The van der Waals surface area contributed by atoms with Crippen molar-refractivity contribution in [3.05, 3.63) is 54.1 Å². The van der Waals surface area contributed by atoms with Gasteiger partial charge >= 0.3 is 0 Å². The third-order valence-electron chi connectivity index (χ3n) is 6.48. The van der Waals surface area contributed by atoms with Crippen LogP contribution in [0.15, 0.2) is 48.5 Å². The molecule has 1 saturated heterocycles. The first-order chi connectivity index (χ1) is 15.4. The Kier molecular flexibility index (Phi) is 6.24. The van der Waals surface area contributed by atoms with E-state index in [1.165, 1.54) is 0 Å². The standard InChI is InChI=1S/C26H32N2O4/c1-4-14-28-21-11-10-20(17-22(21)32-18-25(2,3)24(28)30)27-23(29)26(12-15-31-16-13-26)19-8-6-5-7-9-19/h5-11,17H,4,12-16,18H2,1-3H3,(H,27,29). The number of benzene rings is 2. The van der Waals surface area contributed by atoms with Gasteiger partial charge in [0.2, 0.25) is 11.8 Å². The fourth-order valence-corrected chi connectivity index (χ4v) is 4.55. The number of nitrogens with one attached hydrogen (secondary N) is 1. The van der Waals surface area contributed by atoms with Crippen LogP contribution in [0.5, 0.6) is 5.75 Å². The minimum absolute atomic E-state index is 0.0395. The van der Waals surface area contributed by atoms with Gasteiger partial charge in [-0.15, -0.1) is 0 Å². The van der Waals surface area contributed by atoms with Gasteiger partial charge in [0.25, 0.3) is 0 Å². The number of anilines is 2. The van der Waals surface area contributed by atoms with E-state index in [1.807, 2.05) is 62.4 Å². The lowest BCUT2D eigenvalue weighted by atomic mass is 9.73. The van der Waals surface area contributed by atoms with Gasteiger partial charge in [-0.3, -0.25) is 9.59 Å². The maximum Gasteiger partial charge on any atom is 0.236 e. The second kappa shape index (κ2) is 8.94. The third-order valence-corrected chi connectivity index (χ3v) is 6.48. The Hall–Kier alpha value is -2.86. The van der Waals surface area contributed by atoms with E-state index in [0.717, 1.165) is 17.7 Å². The highest BCUT2D eigenvalue weighted by Gasteiger charge is 2.42. The van der Waals surface area contributed by atoms with Crippen LogP contribution in [0.3, 0.4) is 0 Å². The summed E-state index contributed by atoms with van der Waals surface area (Å²) in [5.41, 5.74) is 1.19. The number of carbonyl (C=O) groups is 2. The summed E-state index contributed by atoms with van der Waals surface area (Å²) in [5.74, 6) is 0.637. The van der Waals surface area contributed by atoms with E-state index >= 15 is 0 Å². The molecule has 2 aromatic rings. The van der Waals surface area contributed by atoms with Gasteiger partial charge in [-0.2, -0.15) is 0 Å². The fraction of sp³-hybridized carbons (Fsp3) is 0.462. The summed E-state index contributed by atoms with van der Waals surface area (Å²) in [6, 6.07) is 15.5. The molecule has 0 atom stereocenters. The van der Waals surface area contributed by atoms with Crippen molar-refractivity contribution in [3.63, 3.8) is 0 Å². The van der Waals surface area contributed by atoms with Crippen molar-refractivity contribution < 1.29 is 19.1 Å². The minimum atomic E-state index is -0.626. The number of carbonyl (C=O) groups excluding carboxylic acids is 2. The van der Waals surface area contributed by atoms with Crippen LogP contribution in [-0.2, 0) is 19.7 Å². The Morgan fingerprint density at radius 1 is 1.09 bits per heavy atom. The number of nitrogens with zero attached hydrogens (tertiary/aromatic N) is 1. The number of rotatable bonds is 5. The first kappa shape index (κ1) is 22.3. The van der Waals surface area contributed by atoms with Crippen molar-refractivity contribution in [2.24, 2.45) is 5.41 Å². The molecule has 6 nitrogen and oxygen atoms in total. The van der Waals surface area contributed by atoms with Gasteiger partial charge in [0.15, 0.2) is 0 Å². The van der Waals surface area contributed by atoms with Crippen molar-refractivity contribution >= 4 is 23.2 Å². The van der Waals surface area contributed by atoms with Crippen LogP contribution in [0.2, 0.25) is 0 Å². The molecule has 4 rings (SSSR count). The monoisotopic (exact) mass is 436 g/mol. The zero-order valence-electron chi connectivity index (χ0n) is 19.1. The molecule has 2 aliphatic heterocycles. The van der Waals surface area contributed by atoms with E-state index < -0.39 is 10.8 Å². The average Bonchev–Trinajstić information content (AvgIpc) is 2.90. The third kappa shape index (κ3) is 4.11. The Balaban J connectivity index is 1.64. The SMILES string of the molecule is CCCN1C(=O)C(C)(C)COc2cc(NC(=O)C3(c4ccccc4)CCOCC3)ccc21. The van der Waals surface area contributed by atoms with E-state index in [4.69, 9.17) is 9.47 Å². The Bertz CT molecular complexity index is 981. The fourth-order valence-electron chi connectivity index (χ4n) is 4.55. The second-order valence-electron chi connectivity index (χ2n) is 9.33. The molecule has 0 radical (unpaired) electrons. The molecule has 6 heteroatoms.